The molecule has 5 heteroatoms. The zero-order valence-electron chi connectivity index (χ0n) is 20.4. The fourth-order valence-electron chi connectivity index (χ4n) is 4.93. The van der Waals surface area contributed by atoms with E-state index in [9.17, 15) is 4.79 Å². The summed E-state index contributed by atoms with van der Waals surface area (Å²) in [4.78, 5) is 17.5. The average Bonchev–Trinajstić information content (AvgIpc) is 2.83. The number of benzene rings is 2. The van der Waals surface area contributed by atoms with Gasteiger partial charge in [0.1, 0.15) is 0 Å². The third-order valence-electron chi connectivity index (χ3n) is 7.27. The fraction of sp³-hybridized carbons (Fsp3) is 0.593. The predicted molar refractivity (Wildman–Crippen MR) is 133 cm³/mol. The van der Waals surface area contributed by atoms with Crippen molar-refractivity contribution in [3.05, 3.63) is 48.0 Å². The first-order chi connectivity index (χ1) is 15.5. The lowest BCUT2D eigenvalue weighted by Gasteiger charge is -2.41. The fourth-order valence-corrected chi connectivity index (χ4v) is 4.93. The maximum atomic E-state index is 12.9. The van der Waals surface area contributed by atoms with Crippen molar-refractivity contribution in [2.24, 2.45) is 5.92 Å². The Morgan fingerprint density at radius 2 is 1.78 bits per heavy atom. The van der Waals surface area contributed by atoms with E-state index in [0.29, 0.717) is 19.0 Å². The molecule has 2 aromatic rings. The molecule has 0 spiro atoms. The molecule has 1 atom stereocenters. The van der Waals surface area contributed by atoms with E-state index in [4.69, 9.17) is 4.74 Å². The van der Waals surface area contributed by atoms with E-state index in [2.05, 4.69) is 85.3 Å². The molecule has 1 unspecified atom stereocenters. The molecule has 1 N–H and O–H groups in total. The molecule has 0 aliphatic carbocycles. The van der Waals surface area contributed by atoms with E-state index < -0.39 is 0 Å². The van der Waals surface area contributed by atoms with Gasteiger partial charge in [0, 0.05) is 25.0 Å². The molecule has 3 rings (SSSR count). The monoisotopic (exact) mass is 439 g/mol. The van der Waals surface area contributed by atoms with Crippen LogP contribution in [0.4, 0.5) is 0 Å². The Bertz CT molecular complexity index is 854. The maximum Gasteiger partial charge on any atom is 0.234 e. The molecule has 0 saturated carbocycles. The summed E-state index contributed by atoms with van der Waals surface area (Å²) in [5.74, 6) is 0.494. The molecule has 32 heavy (non-hydrogen) atoms. The minimum Gasteiger partial charge on any atom is -0.379 e. The summed E-state index contributed by atoms with van der Waals surface area (Å²) in [5, 5.41) is 5.89. The van der Waals surface area contributed by atoms with Crippen LogP contribution in [0, 0.1) is 5.92 Å². The van der Waals surface area contributed by atoms with Gasteiger partial charge in [0.15, 0.2) is 0 Å². The molecule has 2 aromatic carbocycles. The smallest absolute Gasteiger partial charge is 0.234 e. The molecule has 1 amide bonds. The van der Waals surface area contributed by atoms with Crippen LogP contribution in [0.25, 0.3) is 10.8 Å². The van der Waals surface area contributed by atoms with E-state index in [1.54, 1.807) is 0 Å². The largest absolute Gasteiger partial charge is 0.379 e. The number of amides is 1. The molecular weight excluding hydrogens is 398 g/mol. The van der Waals surface area contributed by atoms with Crippen molar-refractivity contribution >= 4 is 16.7 Å². The van der Waals surface area contributed by atoms with Gasteiger partial charge in [0.2, 0.25) is 5.91 Å². The van der Waals surface area contributed by atoms with Crippen LogP contribution in [0.3, 0.4) is 0 Å². The van der Waals surface area contributed by atoms with Crippen molar-refractivity contribution in [1.29, 1.82) is 0 Å². The van der Waals surface area contributed by atoms with Crippen LogP contribution in [0.1, 0.15) is 39.7 Å². The van der Waals surface area contributed by atoms with Gasteiger partial charge in [0.25, 0.3) is 0 Å². The average molecular weight is 440 g/mol. The zero-order chi connectivity index (χ0) is 23.0. The van der Waals surface area contributed by atoms with Crippen molar-refractivity contribution in [2.45, 2.75) is 39.5 Å². The summed E-state index contributed by atoms with van der Waals surface area (Å²) in [7, 11) is 0. The number of fused-ring (bicyclic) bond motifs is 1. The van der Waals surface area contributed by atoms with E-state index >= 15 is 0 Å². The van der Waals surface area contributed by atoms with Crippen LogP contribution in [-0.2, 0) is 14.9 Å². The molecule has 0 radical (unpaired) electrons. The highest BCUT2D eigenvalue weighted by atomic mass is 16.5. The zero-order valence-corrected chi connectivity index (χ0v) is 20.4. The van der Waals surface area contributed by atoms with Crippen LogP contribution in [0.15, 0.2) is 42.5 Å². The predicted octanol–water partition coefficient (Wildman–Crippen LogP) is 3.91. The number of hydrogen-bond donors (Lipinski definition) is 1. The summed E-state index contributed by atoms with van der Waals surface area (Å²) in [6.07, 6.45) is 1.00. The Labute approximate surface area is 194 Å². The van der Waals surface area contributed by atoms with Crippen molar-refractivity contribution in [2.75, 3.05) is 59.0 Å². The Balaban J connectivity index is 1.91. The van der Waals surface area contributed by atoms with Crippen LogP contribution in [0.5, 0.6) is 0 Å². The Morgan fingerprint density at radius 3 is 2.47 bits per heavy atom. The highest BCUT2D eigenvalue weighted by Gasteiger charge is 2.37. The van der Waals surface area contributed by atoms with Crippen LogP contribution >= 0.6 is 0 Å². The van der Waals surface area contributed by atoms with Gasteiger partial charge in [-0.3, -0.25) is 14.6 Å². The molecular formula is C27H41N3O2. The number of nitrogens with zero attached hydrogens (tertiary/aromatic N) is 2. The minimum atomic E-state index is -0.141. The summed E-state index contributed by atoms with van der Waals surface area (Å²) in [6, 6.07) is 15.3. The number of carbonyl (C=O) groups excluding carboxylic acids is 1. The lowest BCUT2D eigenvalue weighted by atomic mass is 9.67. The molecule has 0 aromatic heterocycles. The Hall–Kier alpha value is -1.95. The van der Waals surface area contributed by atoms with Crippen molar-refractivity contribution in [3.8, 4) is 0 Å². The number of morpholine rings is 1. The van der Waals surface area contributed by atoms with E-state index in [0.717, 1.165) is 52.4 Å². The van der Waals surface area contributed by atoms with Crippen LogP contribution in [0.2, 0.25) is 0 Å². The standard InChI is InChI=1S/C27H41N3O2/c1-5-29(6-2)20-26(31)28-21-27(22(3)4,14-15-30-16-18-32-19-17-30)25-13-9-11-23-10-7-8-12-24(23)25/h7-13,22H,5-6,14-21H2,1-4H3,(H,28,31). The topological polar surface area (TPSA) is 44.8 Å². The molecule has 0 bridgehead atoms. The second-order valence-corrected chi connectivity index (χ2v) is 9.28. The van der Waals surface area contributed by atoms with Crippen LogP contribution < -0.4 is 5.32 Å². The first-order valence-electron chi connectivity index (χ1n) is 12.3. The normalized spacial score (nSPS) is 17.1. The third-order valence-corrected chi connectivity index (χ3v) is 7.27. The third kappa shape index (κ3) is 5.89. The number of likely N-dealkylation sites (N-methyl/N-ethyl adjacent to an activating group) is 1. The lowest BCUT2D eigenvalue weighted by Crippen LogP contribution is -2.49. The molecule has 176 valence electrons. The van der Waals surface area contributed by atoms with Crippen molar-refractivity contribution < 1.29 is 9.53 Å². The number of hydrogen-bond acceptors (Lipinski definition) is 4. The minimum absolute atomic E-state index is 0.116. The number of carbonyl (C=O) groups is 1. The quantitative estimate of drug-likeness (QED) is 0.577. The Kier molecular flexibility index (Phi) is 9.09. The summed E-state index contributed by atoms with van der Waals surface area (Å²) < 4.78 is 5.56. The van der Waals surface area contributed by atoms with Gasteiger partial charge in [-0.05, 0) is 48.3 Å². The molecule has 1 fully saturated rings. The maximum absolute atomic E-state index is 12.9. The van der Waals surface area contributed by atoms with Gasteiger partial charge >= 0.3 is 0 Å². The highest BCUT2D eigenvalue weighted by Crippen LogP contribution is 2.39. The first-order valence-corrected chi connectivity index (χ1v) is 12.3. The lowest BCUT2D eigenvalue weighted by molar-refractivity contribution is -0.122. The van der Waals surface area contributed by atoms with Crippen molar-refractivity contribution in [3.63, 3.8) is 0 Å². The van der Waals surface area contributed by atoms with Gasteiger partial charge in [-0.15, -0.1) is 0 Å². The molecule has 1 aliphatic rings. The van der Waals surface area contributed by atoms with Gasteiger partial charge in [-0.2, -0.15) is 0 Å². The summed E-state index contributed by atoms with van der Waals surface area (Å²) >= 11 is 0. The van der Waals surface area contributed by atoms with Gasteiger partial charge in [-0.1, -0.05) is 70.2 Å². The number of nitrogens with one attached hydrogen (secondary N) is 1. The molecule has 1 saturated heterocycles. The second-order valence-electron chi connectivity index (χ2n) is 9.28. The van der Waals surface area contributed by atoms with Gasteiger partial charge in [-0.25, -0.2) is 0 Å². The van der Waals surface area contributed by atoms with E-state index in [1.807, 2.05) is 0 Å². The number of ether oxygens (including phenoxy) is 1. The molecule has 5 nitrogen and oxygen atoms in total. The number of rotatable bonds is 11. The molecule has 1 aliphatic heterocycles. The van der Waals surface area contributed by atoms with Gasteiger partial charge in [0.05, 0.1) is 19.8 Å². The second kappa shape index (κ2) is 11.8. The van der Waals surface area contributed by atoms with Gasteiger partial charge < -0.3 is 10.1 Å². The summed E-state index contributed by atoms with van der Waals surface area (Å²) in [5.41, 5.74) is 1.21. The summed E-state index contributed by atoms with van der Waals surface area (Å²) in [6.45, 7) is 16.3. The molecule has 1 heterocycles. The Morgan fingerprint density at radius 1 is 1.09 bits per heavy atom. The van der Waals surface area contributed by atoms with E-state index in [1.165, 1.54) is 16.3 Å². The highest BCUT2D eigenvalue weighted by molar-refractivity contribution is 5.87. The van der Waals surface area contributed by atoms with Crippen molar-refractivity contribution in [1.82, 2.24) is 15.1 Å². The first kappa shape index (κ1) is 24.7. The van der Waals surface area contributed by atoms with Crippen LogP contribution in [-0.4, -0.2) is 74.7 Å². The van der Waals surface area contributed by atoms with E-state index in [-0.39, 0.29) is 11.3 Å². The SMILES string of the molecule is CCN(CC)CC(=O)NCC(CCN1CCOCC1)(c1cccc2ccccc12)C(C)C.